The van der Waals surface area contributed by atoms with Crippen LogP contribution in [0.25, 0.3) is 16.6 Å². The fraction of sp³-hybridized carbons (Fsp3) is 0.237. The molecular formula is C38H38N4O6. The third-order valence-corrected chi connectivity index (χ3v) is 8.92. The molecule has 0 spiro atoms. The second kappa shape index (κ2) is 13.7. The Morgan fingerprint density at radius 1 is 0.979 bits per heavy atom. The van der Waals surface area contributed by atoms with Crippen LogP contribution < -0.4 is 15.2 Å². The van der Waals surface area contributed by atoms with Gasteiger partial charge in [-0.2, -0.15) is 0 Å². The van der Waals surface area contributed by atoms with Gasteiger partial charge in [0, 0.05) is 31.0 Å². The van der Waals surface area contributed by atoms with Crippen molar-refractivity contribution in [2.45, 2.75) is 32.0 Å². The van der Waals surface area contributed by atoms with Gasteiger partial charge in [0.15, 0.2) is 5.60 Å². The number of aromatic nitrogens is 2. The van der Waals surface area contributed by atoms with E-state index in [0.717, 1.165) is 16.6 Å². The largest absolute Gasteiger partial charge is 0.497 e. The van der Waals surface area contributed by atoms with Crippen molar-refractivity contribution in [2.24, 2.45) is 5.92 Å². The molecule has 2 heterocycles. The number of hydrogen-bond acceptors (Lipinski definition) is 6. The minimum absolute atomic E-state index is 0.0436. The van der Waals surface area contributed by atoms with Crippen LogP contribution in [-0.2, 0) is 28.3 Å². The van der Waals surface area contributed by atoms with E-state index in [2.05, 4.69) is 5.10 Å². The Hall–Kier alpha value is -5.45. The van der Waals surface area contributed by atoms with Gasteiger partial charge in [0.1, 0.15) is 5.75 Å². The minimum atomic E-state index is -1.91. The van der Waals surface area contributed by atoms with Crippen LogP contribution in [0.4, 0.5) is 5.69 Å². The van der Waals surface area contributed by atoms with Crippen molar-refractivity contribution < 1.29 is 24.5 Å². The second-order valence-corrected chi connectivity index (χ2v) is 12.0. The van der Waals surface area contributed by atoms with Gasteiger partial charge in [-0.15, -0.1) is 0 Å². The Morgan fingerprint density at radius 3 is 2.42 bits per heavy atom. The molecule has 0 unspecified atom stereocenters. The van der Waals surface area contributed by atoms with Gasteiger partial charge in [-0.1, -0.05) is 73.7 Å². The molecule has 0 aliphatic carbocycles. The molecule has 2 atom stereocenters. The predicted molar refractivity (Wildman–Crippen MR) is 184 cm³/mol. The molecule has 10 heteroatoms. The SMILES string of the molecule is COc1ccc2c(c1)[C@@](O)([C@H](C)/C=C/CC(=O)N(CCO)Cc1ccccc1)C(=O)N2Cc1ccc(-n2[nH]c3ccccc3c2=O)cc1. The highest BCUT2D eigenvalue weighted by molar-refractivity contribution is 6.07. The fourth-order valence-electron chi connectivity index (χ4n) is 6.24. The number of anilines is 1. The quantitative estimate of drug-likeness (QED) is 0.169. The summed E-state index contributed by atoms with van der Waals surface area (Å²) in [6.07, 6.45) is 3.40. The zero-order chi connectivity index (χ0) is 33.8. The molecule has 0 saturated heterocycles. The Bertz CT molecular complexity index is 2020. The average Bonchev–Trinajstić information content (AvgIpc) is 3.56. The molecule has 3 N–H and O–H groups in total. The van der Waals surface area contributed by atoms with Crippen molar-refractivity contribution in [2.75, 3.05) is 25.2 Å². The van der Waals surface area contributed by atoms with Crippen LogP contribution in [0, 0.1) is 5.92 Å². The Kier molecular flexibility index (Phi) is 9.29. The standard InChI is InChI=1S/C38H38N4O6/c1-26(9-8-14-35(44)40(21-22-43)24-27-10-4-3-5-11-27)38(47)32-23-30(48-2)19-20-34(32)41(37(38)46)25-28-15-17-29(18-16-28)42-36(45)31-12-6-7-13-33(31)39-42/h3-13,15-20,23,26,39,43,47H,14,21-22,24-25H2,1-2H3/b9-8+/t26-,38+/m1/s1. The van der Waals surface area contributed by atoms with E-state index in [4.69, 9.17) is 4.74 Å². The van der Waals surface area contributed by atoms with E-state index in [1.54, 1.807) is 53.1 Å². The van der Waals surface area contributed by atoms with Crippen LogP contribution in [0.1, 0.15) is 30.0 Å². The molecular weight excluding hydrogens is 608 g/mol. The molecule has 4 aromatic carbocycles. The molecule has 1 aromatic heterocycles. The van der Waals surface area contributed by atoms with E-state index in [0.29, 0.717) is 34.6 Å². The number of ether oxygens (including phenoxy) is 1. The summed E-state index contributed by atoms with van der Waals surface area (Å²) in [7, 11) is 1.53. The summed E-state index contributed by atoms with van der Waals surface area (Å²) >= 11 is 0. The Labute approximate surface area is 278 Å². The zero-order valence-corrected chi connectivity index (χ0v) is 26.9. The number of para-hydroxylation sites is 1. The van der Waals surface area contributed by atoms with E-state index in [-0.39, 0.29) is 37.6 Å². The first-order valence-corrected chi connectivity index (χ1v) is 15.9. The summed E-state index contributed by atoms with van der Waals surface area (Å²) in [6.45, 7) is 2.33. The number of rotatable bonds is 12. The number of H-pyrrole nitrogens is 1. The first kappa shape index (κ1) is 32.5. The number of nitrogens with one attached hydrogen (secondary N) is 1. The number of methoxy groups -OCH3 is 1. The minimum Gasteiger partial charge on any atom is -0.497 e. The second-order valence-electron chi connectivity index (χ2n) is 12.0. The normalized spacial score (nSPS) is 16.4. The number of hydrogen-bond donors (Lipinski definition) is 3. The predicted octanol–water partition coefficient (Wildman–Crippen LogP) is 4.67. The highest BCUT2D eigenvalue weighted by atomic mass is 16.5. The number of carbonyl (C=O) groups excluding carboxylic acids is 2. The maximum absolute atomic E-state index is 14.1. The number of amides is 2. The van der Waals surface area contributed by atoms with Gasteiger partial charge in [-0.05, 0) is 53.6 Å². The van der Waals surface area contributed by atoms with E-state index >= 15 is 0 Å². The highest BCUT2D eigenvalue weighted by Gasteiger charge is 2.52. The summed E-state index contributed by atoms with van der Waals surface area (Å²) in [5.41, 5.74) is 2.08. The summed E-state index contributed by atoms with van der Waals surface area (Å²) in [5, 5.41) is 25.4. The summed E-state index contributed by atoms with van der Waals surface area (Å²) in [4.78, 5) is 43.2. The van der Waals surface area contributed by atoms with Gasteiger partial charge in [-0.25, -0.2) is 4.68 Å². The summed E-state index contributed by atoms with van der Waals surface area (Å²) < 4.78 is 6.92. The van der Waals surface area contributed by atoms with Crippen molar-refractivity contribution in [3.63, 3.8) is 0 Å². The van der Waals surface area contributed by atoms with E-state index < -0.39 is 17.4 Å². The molecule has 0 saturated carbocycles. The molecule has 48 heavy (non-hydrogen) atoms. The van der Waals surface area contributed by atoms with Gasteiger partial charge >= 0.3 is 0 Å². The van der Waals surface area contributed by atoms with Crippen LogP contribution in [0.3, 0.4) is 0 Å². The zero-order valence-electron chi connectivity index (χ0n) is 26.9. The van der Waals surface area contributed by atoms with Crippen molar-refractivity contribution >= 4 is 28.4 Å². The number of aliphatic hydroxyl groups is 2. The van der Waals surface area contributed by atoms with Gasteiger partial charge in [-0.3, -0.25) is 19.5 Å². The van der Waals surface area contributed by atoms with Gasteiger partial charge in [0.05, 0.1) is 42.5 Å². The average molecular weight is 647 g/mol. The van der Waals surface area contributed by atoms with E-state index in [9.17, 15) is 24.6 Å². The third kappa shape index (κ3) is 6.15. The molecule has 0 fully saturated rings. The lowest BCUT2D eigenvalue weighted by Gasteiger charge is -2.28. The smallest absolute Gasteiger partial charge is 0.279 e. The molecule has 6 rings (SSSR count). The van der Waals surface area contributed by atoms with E-state index in [1.807, 2.05) is 72.8 Å². The fourth-order valence-corrected chi connectivity index (χ4v) is 6.24. The lowest BCUT2D eigenvalue weighted by atomic mass is 9.83. The summed E-state index contributed by atoms with van der Waals surface area (Å²) in [5.74, 6) is -0.855. The number of fused-ring (bicyclic) bond motifs is 2. The van der Waals surface area contributed by atoms with Crippen molar-refractivity contribution in [1.82, 2.24) is 14.7 Å². The van der Waals surface area contributed by atoms with Crippen LogP contribution >= 0.6 is 0 Å². The molecule has 246 valence electrons. The van der Waals surface area contributed by atoms with Crippen molar-refractivity contribution in [3.05, 3.63) is 136 Å². The number of aromatic amines is 1. The third-order valence-electron chi connectivity index (χ3n) is 8.92. The van der Waals surface area contributed by atoms with Gasteiger partial charge in [0.25, 0.3) is 11.5 Å². The van der Waals surface area contributed by atoms with Crippen LogP contribution in [0.2, 0.25) is 0 Å². The maximum Gasteiger partial charge on any atom is 0.279 e. The molecule has 0 bridgehead atoms. The first-order valence-electron chi connectivity index (χ1n) is 15.9. The topological polar surface area (TPSA) is 128 Å². The van der Waals surface area contributed by atoms with Crippen LogP contribution in [-0.4, -0.2) is 57.0 Å². The Balaban J connectivity index is 1.21. The lowest BCUT2D eigenvalue weighted by molar-refractivity contribution is -0.139. The summed E-state index contributed by atoms with van der Waals surface area (Å²) in [6, 6.07) is 29.4. The van der Waals surface area contributed by atoms with Crippen LogP contribution in [0.5, 0.6) is 5.75 Å². The highest BCUT2D eigenvalue weighted by Crippen LogP contribution is 2.47. The molecule has 10 nitrogen and oxygen atoms in total. The molecule has 2 amide bonds. The first-order chi connectivity index (χ1) is 23.2. The number of aliphatic hydroxyl groups excluding tert-OH is 1. The lowest BCUT2D eigenvalue weighted by Crippen LogP contribution is -2.44. The van der Waals surface area contributed by atoms with Crippen molar-refractivity contribution in [1.29, 1.82) is 0 Å². The number of nitrogens with zero attached hydrogens (tertiary/aromatic N) is 3. The van der Waals surface area contributed by atoms with E-state index in [1.165, 1.54) is 11.8 Å². The van der Waals surface area contributed by atoms with Gasteiger partial charge < -0.3 is 24.7 Å². The van der Waals surface area contributed by atoms with Crippen molar-refractivity contribution in [3.8, 4) is 11.4 Å². The molecule has 0 radical (unpaired) electrons. The molecule has 5 aromatic rings. The molecule has 1 aliphatic heterocycles. The monoisotopic (exact) mass is 646 g/mol. The number of carbonyl (C=O) groups is 2. The van der Waals surface area contributed by atoms with Gasteiger partial charge in [0.2, 0.25) is 5.91 Å². The van der Waals surface area contributed by atoms with Crippen LogP contribution in [0.15, 0.2) is 114 Å². The molecule has 1 aliphatic rings. The maximum atomic E-state index is 14.1. The number of benzene rings is 4. The Morgan fingerprint density at radius 2 is 1.71 bits per heavy atom.